The summed E-state index contributed by atoms with van der Waals surface area (Å²) in [7, 11) is 2.24. The summed E-state index contributed by atoms with van der Waals surface area (Å²) in [5.41, 5.74) is 3.03. The molecule has 2 bridgehead atoms. The Morgan fingerprint density at radius 3 is 2.61 bits per heavy atom. The summed E-state index contributed by atoms with van der Waals surface area (Å²) in [5.74, 6) is 0.804. The van der Waals surface area contributed by atoms with Crippen molar-refractivity contribution < 1.29 is 8.81 Å². The minimum atomic E-state index is -0.284. The third-order valence-electron chi connectivity index (χ3n) is 6.71. The standard InChI is InChI=1S/C23H23FN6O/c1-29-17-6-7-18(29)13-16(12-17)26-22-25-9-8-19(27-22)21-20(14-2-4-15(24)5-3-14)28-23-30(21)10-11-31-23/h2-5,8-11,16-18H,6-7,12-13H2,1H3,(H,25,26,27)/t17-,18-/m1/s1. The largest absolute Gasteiger partial charge is 0.432 e. The minimum absolute atomic E-state index is 0.284. The van der Waals surface area contributed by atoms with Crippen LogP contribution in [0.5, 0.6) is 0 Å². The van der Waals surface area contributed by atoms with Gasteiger partial charge in [-0.25, -0.2) is 14.4 Å². The molecule has 0 aliphatic carbocycles. The van der Waals surface area contributed by atoms with Crippen molar-refractivity contribution in [1.29, 1.82) is 0 Å². The van der Waals surface area contributed by atoms with Gasteiger partial charge in [-0.15, -0.1) is 0 Å². The van der Waals surface area contributed by atoms with Crippen molar-refractivity contribution in [2.45, 2.75) is 43.8 Å². The van der Waals surface area contributed by atoms with Crippen LogP contribution in [-0.4, -0.2) is 49.4 Å². The lowest BCUT2D eigenvalue weighted by Gasteiger charge is -2.36. The van der Waals surface area contributed by atoms with Crippen LogP contribution in [-0.2, 0) is 0 Å². The zero-order chi connectivity index (χ0) is 20.9. The molecule has 4 aromatic rings. The molecule has 7 nitrogen and oxygen atoms in total. The molecular formula is C23H23FN6O. The van der Waals surface area contributed by atoms with E-state index in [9.17, 15) is 4.39 Å². The highest BCUT2D eigenvalue weighted by molar-refractivity contribution is 5.79. The van der Waals surface area contributed by atoms with E-state index in [-0.39, 0.29) is 5.82 Å². The summed E-state index contributed by atoms with van der Waals surface area (Å²) >= 11 is 0. The van der Waals surface area contributed by atoms with Gasteiger partial charge in [0, 0.05) is 36.1 Å². The van der Waals surface area contributed by atoms with Crippen LogP contribution in [0.2, 0.25) is 0 Å². The van der Waals surface area contributed by atoms with Crippen molar-refractivity contribution in [1.82, 2.24) is 24.3 Å². The number of aromatic nitrogens is 4. The highest BCUT2D eigenvalue weighted by Crippen LogP contribution is 2.36. The number of anilines is 1. The molecule has 2 saturated heterocycles. The van der Waals surface area contributed by atoms with Gasteiger partial charge < -0.3 is 14.6 Å². The predicted molar refractivity (Wildman–Crippen MR) is 115 cm³/mol. The Balaban J connectivity index is 1.36. The van der Waals surface area contributed by atoms with Crippen LogP contribution in [0.3, 0.4) is 0 Å². The number of halogens is 1. The van der Waals surface area contributed by atoms with Gasteiger partial charge in [0.15, 0.2) is 0 Å². The Bertz CT molecular complexity index is 1220. The second-order valence-electron chi connectivity index (χ2n) is 8.50. The van der Waals surface area contributed by atoms with Crippen LogP contribution < -0.4 is 5.32 Å². The first-order valence-corrected chi connectivity index (χ1v) is 10.7. The highest BCUT2D eigenvalue weighted by atomic mass is 19.1. The first-order valence-electron chi connectivity index (χ1n) is 10.7. The number of hydrogen-bond donors (Lipinski definition) is 1. The monoisotopic (exact) mass is 418 g/mol. The molecule has 2 aliphatic heterocycles. The lowest BCUT2D eigenvalue weighted by atomic mass is 9.98. The van der Waals surface area contributed by atoms with Crippen molar-refractivity contribution in [2.75, 3.05) is 12.4 Å². The third kappa shape index (κ3) is 3.18. The second kappa shape index (κ2) is 7.16. The maximum Gasteiger partial charge on any atom is 0.306 e. The zero-order valence-corrected chi connectivity index (χ0v) is 17.2. The molecule has 3 aromatic heterocycles. The molecule has 5 heterocycles. The van der Waals surface area contributed by atoms with Gasteiger partial charge in [0.05, 0.1) is 5.69 Å². The van der Waals surface area contributed by atoms with Crippen molar-refractivity contribution in [2.24, 2.45) is 0 Å². The van der Waals surface area contributed by atoms with Crippen molar-refractivity contribution in [3.63, 3.8) is 0 Å². The van der Waals surface area contributed by atoms with Gasteiger partial charge in [-0.3, -0.25) is 4.40 Å². The number of benzene rings is 1. The number of nitrogens with zero attached hydrogens (tertiary/aromatic N) is 5. The van der Waals surface area contributed by atoms with E-state index in [4.69, 9.17) is 9.40 Å². The predicted octanol–water partition coefficient (Wildman–Crippen LogP) is 4.23. The highest BCUT2D eigenvalue weighted by Gasteiger charge is 2.38. The summed E-state index contributed by atoms with van der Waals surface area (Å²) in [6.07, 6.45) is 9.94. The van der Waals surface area contributed by atoms with Crippen LogP contribution in [0.25, 0.3) is 28.5 Å². The van der Waals surface area contributed by atoms with Crippen LogP contribution in [0, 0.1) is 5.82 Å². The van der Waals surface area contributed by atoms with Crippen molar-refractivity contribution in [3.8, 4) is 22.6 Å². The Labute approximate surface area is 179 Å². The van der Waals surface area contributed by atoms with E-state index in [1.165, 1.54) is 25.0 Å². The average molecular weight is 418 g/mol. The Morgan fingerprint density at radius 1 is 1.06 bits per heavy atom. The van der Waals surface area contributed by atoms with Crippen LogP contribution in [0.1, 0.15) is 25.7 Å². The van der Waals surface area contributed by atoms with E-state index in [1.54, 1.807) is 24.6 Å². The Morgan fingerprint density at radius 2 is 1.84 bits per heavy atom. The number of oxazole rings is 1. The van der Waals surface area contributed by atoms with Crippen LogP contribution >= 0.6 is 0 Å². The number of fused-ring (bicyclic) bond motifs is 3. The van der Waals surface area contributed by atoms with Gasteiger partial charge in [-0.05, 0) is 63.1 Å². The molecule has 0 saturated carbocycles. The second-order valence-corrected chi connectivity index (χ2v) is 8.50. The molecular weight excluding hydrogens is 395 g/mol. The smallest absolute Gasteiger partial charge is 0.306 e. The molecule has 31 heavy (non-hydrogen) atoms. The van der Waals surface area contributed by atoms with Gasteiger partial charge in [0.25, 0.3) is 0 Å². The lowest BCUT2D eigenvalue weighted by molar-refractivity contribution is 0.168. The van der Waals surface area contributed by atoms with E-state index in [0.29, 0.717) is 35.6 Å². The molecule has 1 aromatic carbocycles. The fourth-order valence-electron chi connectivity index (χ4n) is 5.11. The molecule has 0 amide bonds. The summed E-state index contributed by atoms with van der Waals surface area (Å²) < 4.78 is 20.8. The number of imidazole rings is 1. The molecule has 2 fully saturated rings. The quantitative estimate of drug-likeness (QED) is 0.535. The molecule has 1 N–H and O–H groups in total. The number of rotatable bonds is 4. The molecule has 8 heteroatoms. The zero-order valence-electron chi connectivity index (χ0n) is 17.2. The first kappa shape index (κ1) is 18.5. The molecule has 2 aliphatic rings. The Hall–Kier alpha value is -3.26. The number of hydrogen-bond acceptors (Lipinski definition) is 6. The normalized spacial score (nSPS) is 23.5. The molecule has 0 radical (unpaired) electrons. The van der Waals surface area contributed by atoms with Gasteiger partial charge >= 0.3 is 5.84 Å². The van der Waals surface area contributed by atoms with E-state index in [2.05, 4.69) is 27.2 Å². The van der Waals surface area contributed by atoms with Gasteiger partial charge in [-0.2, -0.15) is 4.98 Å². The average Bonchev–Trinajstić information content (AvgIpc) is 3.40. The fraction of sp³-hybridized carbons (Fsp3) is 0.348. The molecule has 6 rings (SSSR count). The maximum absolute atomic E-state index is 13.5. The summed E-state index contributed by atoms with van der Waals surface area (Å²) in [5, 5.41) is 3.56. The SMILES string of the molecule is CN1[C@@H]2CC[C@@H]1CC(Nc1nccc(-c3c(-c4ccc(F)cc4)nc4occn34)n1)C2. The van der Waals surface area contributed by atoms with Crippen molar-refractivity contribution >= 4 is 11.8 Å². The number of nitrogens with one attached hydrogen (secondary N) is 1. The minimum Gasteiger partial charge on any atom is -0.432 e. The van der Waals surface area contributed by atoms with E-state index in [0.717, 1.165) is 29.8 Å². The molecule has 2 atom stereocenters. The van der Waals surface area contributed by atoms with Crippen molar-refractivity contribution in [3.05, 3.63) is 54.8 Å². The molecule has 158 valence electrons. The fourth-order valence-corrected chi connectivity index (χ4v) is 5.11. The van der Waals surface area contributed by atoms with Crippen LogP contribution in [0.4, 0.5) is 10.3 Å². The topological polar surface area (TPSA) is 71.5 Å². The summed E-state index contributed by atoms with van der Waals surface area (Å²) in [6, 6.07) is 9.83. The molecule has 0 unspecified atom stereocenters. The summed E-state index contributed by atoms with van der Waals surface area (Å²) in [4.78, 5) is 16.4. The molecule has 0 spiro atoms. The van der Waals surface area contributed by atoms with E-state index in [1.807, 2.05) is 16.7 Å². The van der Waals surface area contributed by atoms with Gasteiger partial charge in [0.1, 0.15) is 23.5 Å². The van der Waals surface area contributed by atoms with Gasteiger partial charge in [0.2, 0.25) is 5.95 Å². The third-order valence-corrected chi connectivity index (χ3v) is 6.71. The maximum atomic E-state index is 13.5. The summed E-state index contributed by atoms with van der Waals surface area (Å²) in [6.45, 7) is 0. The first-order chi connectivity index (χ1) is 15.2. The lowest BCUT2D eigenvalue weighted by Crippen LogP contribution is -2.44. The van der Waals surface area contributed by atoms with E-state index >= 15 is 0 Å². The van der Waals surface area contributed by atoms with Gasteiger partial charge in [-0.1, -0.05) is 0 Å². The van der Waals surface area contributed by atoms with Crippen LogP contribution in [0.15, 0.2) is 53.4 Å². The Kier molecular flexibility index (Phi) is 4.27. The number of piperidine rings is 1. The van der Waals surface area contributed by atoms with E-state index < -0.39 is 0 Å².